The molecular formula is C29H22FN5O3. The van der Waals surface area contributed by atoms with Crippen LogP contribution in [0.4, 0.5) is 10.2 Å². The van der Waals surface area contributed by atoms with Crippen molar-refractivity contribution in [1.29, 1.82) is 0 Å². The van der Waals surface area contributed by atoms with Crippen LogP contribution in [0.25, 0.3) is 44.4 Å². The van der Waals surface area contributed by atoms with Crippen LogP contribution < -0.4 is 15.9 Å². The second-order valence-electron chi connectivity index (χ2n) is 8.84. The molecule has 1 atom stereocenters. The average molecular weight is 508 g/mol. The summed E-state index contributed by atoms with van der Waals surface area (Å²) >= 11 is 0. The van der Waals surface area contributed by atoms with E-state index < -0.39 is 11.9 Å². The third kappa shape index (κ3) is 3.76. The lowest BCUT2D eigenvalue weighted by Gasteiger charge is -2.17. The molecule has 8 nitrogen and oxygen atoms in total. The highest BCUT2D eigenvalue weighted by atomic mass is 19.1. The van der Waals surface area contributed by atoms with Gasteiger partial charge in [0, 0.05) is 5.56 Å². The number of para-hydroxylation sites is 1. The van der Waals surface area contributed by atoms with Gasteiger partial charge in [-0.05, 0) is 48.9 Å². The van der Waals surface area contributed by atoms with Crippen molar-refractivity contribution >= 4 is 27.8 Å². The van der Waals surface area contributed by atoms with Crippen LogP contribution in [0.15, 0.2) is 88.3 Å². The van der Waals surface area contributed by atoms with Crippen molar-refractivity contribution in [3.8, 4) is 28.1 Å². The summed E-state index contributed by atoms with van der Waals surface area (Å²) in [4.78, 5) is 22.4. The van der Waals surface area contributed by atoms with Crippen LogP contribution in [0.2, 0.25) is 0 Å². The van der Waals surface area contributed by atoms with Crippen molar-refractivity contribution < 1.29 is 13.5 Å². The Morgan fingerprint density at radius 2 is 1.79 bits per heavy atom. The predicted octanol–water partition coefficient (Wildman–Crippen LogP) is 5.61. The molecule has 6 aromatic rings. The summed E-state index contributed by atoms with van der Waals surface area (Å²) in [7, 11) is 1.59. The second kappa shape index (κ2) is 9.11. The molecule has 0 saturated carbocycles. The van der Waals surface area contributed by atoms with Gasteiger partial charge in [-0.25, -0.2) is 19.0 Å². The molecule has 0 amide bonds. The summed E-state index contributed by atoms with van der Waals surface area (Å²) in [5, 5.41) is 5.83. The molecular weight excluding hydrogens is 485 g/mol. The summed E-state index contributed by atoms with van der Waals surface area (Å²) in [5.74, 6) is 0.774. The number of halogens is 1. The van der Waals surface area contributed by atoms with E-state index in [2.05, 4.69) is 9.97 Å². The number of benzene rings is 3. The molecule has 38 heavy (non-hydrogen) atoms. The molecule has 3 aromatic heterocycles. The lowest BCUT2D eigenvalue weighted by atomic mass is 9.99. The van der Waals surface area contributed by atoms with E-state index in [1.165, 1.54) is 18.5 Å². The third-order valence-corrected chi connectivity index (χ3v) is 6.55. The molecule has 6 rings (SSSR count). The van der Waals surface area contributed by atoms with Crippen LogP contribution in [0, 0.1) is 5.82 Å². The largest absolute Gasteiger partial charge is 0.497 e. The van der Waals surface area contributed by atoms with E-state index >= 15 is 0 Å². The quantitative estimate of drug-likeness (QED) is 0.323. The standard InChI is InChI=1S/C29H22FN5O3/c1-16(27-23(17-7-5-9-19(30)13-17)26(36)21-11-3-4-12-22(21)38-27)35-29-24(28(31)32-15-33-29)25(34-35)18-8-6-10-20(14-18)37-2/h3-16H,1-2H3,(H2,31,32,33). The molecule has 2 N–H and O–H groups in total. The zero-order valence-electron chi connectivity index (χ0n) is 20.6. The van der Waals surface area contributed by atoms with Crippen LogP contribution in [-0.2, 0) is 0 Å². The van der Waals surface area contributed by atoms with Gasteiger partial charge in [0.05, 0.1) is 23.4 Å². The van der Waals surface area contributed by atoms with E-state index in [1.54, 1.807) is 48.2 Å². The number of hydrogen-bond acceptors (Lipinski definition) is 7. The molecule has 3 aromatic carbocycles. The Bertz CT molecular complexity index is 1900. The number of fused-ring (bicyclic) bond motifs is 2. The van der Waals surface area contributed by atoms with E-state index in [0.717, 1.165) is 5.56 Å². The van der Waals surface area contributed by atoms with Gasteiger partial charge in [-0.1, -0.05) is 36.4 Å². The third-order valence-electron chi connectivity index (χ3n) is 6.55. The number of nitrogens with two attached hydrogens (primary N) is 1. The van der Waals surface area contributed by atoms with Crippen molar-refractivity contribution in [2.45, 2.75) is 13.0 Å². The maximum absolute atomic E-state index is 14.3. The molecule has 0 fully saturated rings. The first-order chi connectivity index (χ1) is 18.5. The van der Waals surface area contributed by atoms with Crippen molar-refractivity contribution in [3.63, 3.8) is 0 Å². The Kier molecular flexibility index (Phi) is 5.60. The van der Waals surface area contributed by atoms with Crippen LogP contribution in [0.3, 0.4) is 0 Å². The van der Waals surface area contributed by atoms with Gasteiger partial charge in [0.15, 0.2) is 5.65 Å². The number of ether oxygens (including phenoxy) is 1. The Labute approximate surface area is 216 Å². The number of rotatable bonds is 5. The van der Waals surface area contributed by atoms with Crippen molar-refractivity contribution in [1.82, 2.24) is 19.7 Å². The first-order valence-corrected chi connectivity index (χ1v) is 11.9. The fraction of sp³-hybridized carbons (Fsp3) is 0.103. The molecule has 3 heterocycles. The SMILES string of the molecule is COc1cccc(-c2nn(C(C)c3oc4ccccc4c(=O)c3-c3cccc(F)c3)c3ncnc(N)c23)c1. The van der Waals surface area contributed by atoms with Crippen molar-refractivity contribution in [2.75, 3.05) is 12.8 Å². The van der Waals surface area contributed by atoms with Crippen molar-refractivity contribution in [3.05, 3.63) is 101 Å². The van der Waals surface area contributed by atoms with Crippen LogP contribution in [0.5, 0.6) is 5.75 Å². The van der Waals surface area contributed by atoms with Crippen LogP contribution in [-0.4, -0.2) is 26.9 Å². The average Bonchev–Trinajstić information content (AvgIpc) is 3.34. The number of nitrogen functional groups attached to an aromatic ring is 1. The van der Waals surface area contributed by atoms with Gasteiger partial charge < -0.3 is 14.9 Å². The summed E-state index contributed by atoms with van der Waals surface area (Å²) in [6.45, 7) is 1.84. The van der Waals surface area contributed by atoms with E-state index in [-0.39, 0.29) is 16.8 Å². The number of aromatic nitrogens is 4. The molecule has 0 aliphatic rings. The van der Waals surface area contributed by atoms with E-state index in [1.807, 2.05) is 31.2 Å². The highest BCUT2D eigenvalue weighted by molar-refractivity contribution is 5.98. The highest BCUT2D eigenvalue weighted by Gasteiger charge is 2.27. The first-order valence-electron chi connectivity index (χ1n) is 11.9. The smallest absolute Gasteiger partial charge is 0.200 e. The molecule has 0 aliphatic carbocycles. The minimum absolute atomic E-state index is 0.254. The summed E-state index contributed by atoms with van der Waals surface area (Å²) < 4.78 is 27.6. The molecule has 1 unspecified atom stereocenters. The van der Waals surface area contributed by atoms with Crippen molar-refractivity contribution in [2.24, 2.45) is 0 Å². The normalized spacial score (nSPS) is 12.2. The monoisotopic (exact) mass is 507 g/mol. The van der Waals surface area contributed by atoms with E-state index in [4.69, 9.17) is 20.0 Å². The number of nitrogens with zero attached hydrogens (tertiary/aromatic N) is 4. The van der Waals surface area contributed by atoms with Gasteiger partial charge in [0.2, 0.25) is 5.43 Å². The van der Waals surface area contributed by atoms with Gasteiger partial charge in [-0.15, -0.1) is 0 Å². The number of hydrogen-bond donors (Lipinski definition) is 1. The fourth-order valence-corrected chi connectivity index (χ4v) is 4.72. The van der Waals surface area contributed by atoms with Gasteiger partial charge >= 0.3 is 0 Å². The van der Waals surface area contributed by atoms with Gasteiger partial charge in [0.1, 0.15) is 46.8 Å². The second-order valence-corrected chi connectivity index (χ2v) is 8.84. The maximum Gasteiger partial charge on any atom is 0.200 e. The Hall–Kier alpha value is -5.05. The fourth-order valence-electron chi connectivity index (χ4n) is 4.72. The topological polar surface area (TPSA) is 109 Å². The number of methoxy groups -OCH3 is 1. The molecule has 0 spiro atoms. The number of anilines is 1. The van der Waals surface area contributed by atoms with Crippen LogP contribution in [0.1, 0.15) is 18.7 Å². The molecule has 0 radical (unpaired) electrons. The molecule has 0 saturated heterocycles. The summed E-state index contributed by atoms with van der Waals surface area (Å²) in [6, 6.07) is 19.7. The van der Waals surface area contributed by atoms with E-state index in [9.17, 15) is 9.18 Å². The Morgan fingerprint density at radius 3 is 2.61 bits per heavy atom. The first kappa shape index (κ1) is 23.4. The van der Waals surface area contributed by atoms with Gasteiger partial charge in [-0.3, -0.25) is 4.79 Å². The predicted molar refractivity (Wildman–Crippen MR) is 143 cm³/mol. The summed E-state index contributed by atoms with van der Waals surface area (Å²) in [6.07, 6.45) is 1.36. The van der Waals surface area contributed by atoms with Gasteiger partial charge in [-0.2, -0.15) is 5.10 Å². The van der Waals surface area contributed by atoms with E-state index in [0.29, 0.717) is 44.8 Å². The Balaban J connectivity index is 1.64. The van der Waals surface area contributed by atoms with Gasteiger partial charge in [0.25, 0.3) is 0 Å². The molecule has 0 aliphatic heterocycles. The molecule has 0 bridgehead atoms. The molecule has 188 valence electrons. The highest BCUT2D eigenvalue weighted by Crippen LogP contribution is 2.37. The van der Waals surface area contributed by atoms with Crippen LogP contribution >= 0.6 is 0 Å². The maximum atomic E-state index is 14.3. The summed E-state index contributed by atoms with van der Waals surface area (Å²) in [5.41, 5.74) is 8.89. The molecule has 9 heteroatoms. The zero-order valence-corrected chi connectivity index (χ0v) is 20.6. The lowest BCUT2D eigenvalue weighted by molar-refractivity contribution is 0.415. The lowest BCUT2D eigenvalue weighted by Crippen LogP contribution is -2.16. The minimum atomic E-state index is -0.623. The minimum Gasteiger partial charge on any atom is -0.497 e. The Morgan fingerprint density at radius 1 is 1.00 bits per heavy atom. The zero-order chi connectivity index (χ0) is 26.4.